The van der Waals surface area contributed by atoms with E-state index in [-0.39, 0.29) is 0 Å². The average Bonchev–Trinajstić information content (AvgIpc) is 3.05. The van der Waals surface area contributed by atoms with Crippen LogP contribution in [0.15, 0.2) is 72.8 Å². The van der Waals surface area contributed by atoms with Crippen LogP contribution in [-0.2, 0) is 0 Å². The third-order valence-corrected chi connectivity index (χ3v) is 24.6. The Morgan fingerprint density at radius 2 is 0.700 bits per heavy atom. The zero-order valence-electron chi connectivity index (χ0n) is 32.3. The Morgan fingerprint density at radius 1 is 0.420 bits per heavy atom. The van der Waals surface area contributed by atoms with Gasteiger partial charge in [-0.15, -0.1) is 11.1 Å². The number of fused-ring (bicyclic) bond motifs is 5. The lowest BCUT2D eigenvalue weighted by molar-refractivity contribution is 0.838. The largest absolute Gasteiger partial charge is 0.243 e. The van der Waals surface area contributed by atoms with Crippen molar-refractivity contribution < 1.29 is 0 Å². The van der Waals surface area contributed by atoms with Crippen molar-refractivity contribution in [2.24, 2.45) is 0 Å². The lowest BCUT2D eigenvalue weighted by Gasteiger charge is -2.38. The topological polar surface area (TPSA) is 25.8 Å². The van der Waals surface area contributed by atoms with Crippen molar-refractivity contribution in [3.05, 3.63) is 83.9 Å². The maximum atomic E-state index is 5.50. The summed E-state index contributed by atoms with van der Waals surface area (Å²) in [6.45, 7) is 28.6. The van der Waals surface area contributed by atoms with Crippen molar-refractivity contribution in [3.8, 4) is 22.9 Å². The van der Waals surface area contributed by atoms with Gasteiger partial charge >= 0.3 is 0 Å². The minimum atomic E-state index is -2.05. The van der Waals surface area contributed by atoms with Crippen LogP contribution in [0.4, 0.5) is 0 Å². The molecule has 0 aliphatic heterocycles. The summed E-state index contributed by atoms with van der Waals surface area (Å²) in [5, 5.41) is 7.01. The van der Waals surface area contributed by atoms with E-state index < -0.39 is 16.1 Å². The highest BCUT2D eigenvalue weighted by Crippen LogP contribution is 2.43. The molecular weight excluding hydrogens is 637 g/mol. The molecule has 0 aliphatic carbocycles. The van der Waals surface area contributed by atoms with Crippen molar-refractivity contribution in [3.63, 3.8) is 0 Å². The summed E-state index contributed by atoms with van der Waals surface area (Å²) in [5.74, 6) is 7.81. The number of benzene rings is 5. The van der Waals surface area contributed by atoms with Gasteiger partial charge in [-0.05, 0) is 79.1 Å². The van der Waals surface area contributed by atoms with Crippen LogP contribution in [0.3, 0.4) is 0 Å². The van der Waals surface area contributed by atoms with Gasteiger partial charge in [-0.2, -0.15) is 0 Å². The summed E-state index contributed by atoms with van der Waals surface area (Å²) in [5.41, 5.74) is 16.8. The summed E-state index contributed by atoms with van der Waals surface area (Å²) in [4.78, 5) is 11.0. The van der Waals surface area contributed by atoms with E-state index in [0.29, 0.717) is 33.2 Å². The fraction of sp³-hybridized carbons (Fsp3) is 0.391. The van der Waals surface area contributed by atoms with Crippen LogP contribution in [-0.4, -0.2) is 26.1 Å². The quantitative estimate of drug-likeness (QED) is 0.0987. The minimum Gasteiger partial charge on any atom is -0.243 e. The van der Waals surface area contributed by atoms with Crippen molar-refractivity contribution in [1.29, 1.82) is 0 Å². The van der Waals surface area contributed by atoms with Gasteiger partial charge in [-0.3, -0.25) is 0 Å². The molecule has 0 amide bonds. The SMILES string of the molecule is CC(C)[Si](C#Cc1c2cc3ccccc3cc2c(C#C[Si](C(C)C)(C(C)C)C(C)C)c2nc3cc4ccccc4cc3nc12)(C(C)C)C(C)C. The van der Waals surface area contributed by atoms with Crippen LogP contribution in [0.5, 0.6) is 0 Å². The van der Waals surface area contributed by atoms with Gasteiger partial charge in [0.15, 0.2) is 0 Å². The summed E-state index contributed by atoms with van der Waals surface area (Å²) in [7, 11) is -4.10. The Labute approximate surface area is 302 Å². The fourth-order valence-electron chi connectivity index (χ4n) is 9.46. The number of aromatic nitrogens is 2. The number of rotatable bonds is 6. The zero-order valence-corrected chi connectivity index (χ0v) is 34.3. The van der Waals surface area contributed by atoms with Gasteiger partial charge in [0.1, 0.15) is 27.2 Å². The number of nitrogens with zero attached hydrogens (tertiary/aromatic N) is 2. The van der Waals surface area contributed by atoms with Gasteiger partial charge in [0.2, 0.25) is 0 Å². The first-order valence-corrected chi connectivity index (χ1v) is 23.2. The average molecular weight is 691 g/mol. The first kappa shape index (κ1) is 35.8. The molecule has 0 bridgehead atoms. The molecule has 6 rings (SSSR count). The molecule has 5 aromatic carbocycles. The summed E-state index contributed by atoms with van der Waals surface area (Å²) in [6, 6.07) is 26.2. The Hall–Kier alpha value is -3.97. The van der Waals surface area contributed by atoms with Crippen LogP contribution < -0.4 is 0 Å². The van der Waals surface area contributed by atoms with Gasteiger partial charge in [-0.25, -0.2) is 9.97 Å². The third kappa shape index (κ3) is 5.85. The van der Waals surface area contributed by atoms with E-state index in [1.807, 2.05) is 0 Å². The second-order valence-corrected chi connectivity index (χ2v) is 27.6. The summed E-state index contributed by atoms with van der Waals surface area (Å²) in [6.07, 6.45) is 0. The molecular formula is C46H54N2Si2. The lowest BCUT2D eigenvalue weighted by Crippen LogP contribution is -2.43. The van der Waals surface area contributed by atoms with Gasteiger partial charge < -0.3 is 0 Å². The second-order valence-electron chi connectivity index (χ2n) is 16.4. The standard InChI is InChI=1S/C46H54N2Si2/c1-29(2)49(30(3)4,31(5)6)23-21-39-41-25-35-17-13-14-18-36(35)26-42(41)40(22-24-50(32(7)8,33(9)10)34(11)12)46-45(39)47-43-27-37-19-15-16-20-38(37)28-44(43)48-46/h13-20,25-34H,1-12H3. The molecule has 0 fully saturated rings. The third-order valence-electron chi connectivity index (χ3n) is 12.0. The molecule has 0 saturated carbocycles. The smallest absolute Gasteiger partial charge is 0.146 e. The molecule has 0 aliphatic rings. The Balaban J connectivity index is 1.85. The Kier molecular flexibility index (Phi) is 9.77. The van der Waals surface area contributed by atoms with Gasteiger partial charge in [-0.1, -0.05) is 143 Å². The molecule has 1 aromatic heterocycles. The van der Waals surface area contributed by atoms with E-state index >= 15 is 0 Å². The Morgan fingerprint density at radius 3 is 0.980 bits per heavy atom. The molecule has 0 atom stereocenters. The molecule has 2 nitrogen and oxygen atoms in total. The first-order valence-electron chi connectivity index (χ1n) is 18.8. The van der Waals surface area contributed by atoms with Crippen LogP contribution in [0, 0.1) is 22.9 Å². The van der Waals surface area contributed by atoms with Crippen LogP contribution in [0.2, 0.25) is 33.2 Å². The molecule has 4 heteroatoms. The van der Waals surface area contributed by atoms with E-state index in [0.717, 1.165) is 44.0 Å². The highest BCUT2D eigenvalue weighted by atomic mass is 28.3. The van der Waals surface area contributed by atoms with Crippen molar-refractivity contribution in [2.45, 2.75) is 116 Å². The number of hydrogen-bond donors (Lipinski definition) is 0. The predicted octanol–water partition coefficient (Wildman–Crippen LogP) is 13.4. The monoisotopic (exact) mass is 690 g/mol. The molecule has 0 N–H and O–H groups in total. The van der Waals surface area contributed by atoms with Crippen LogP contribution >= 0.6 is 0 Å². The molecule has 0 unspecified atom stereocenters. The minimum absolute atomic E-state index is 0.526. The Bertz CT molecular complexity index is 2170. The molecule has 0 saturated heterocycles. The predicted molar refractivity (Wildman–Crippen MR) is 225 cm³/mol. The molecule has 0 spiro atoms. The molecule has 256 valence electrons. The van der Waals surface area contributed by atoms with Gasteiger partial charge in [0.25, 0.3) is 0 Å². The van der Waals surface area contributed by atoms with E-state index in [2.05, 4.69) is 179 Å². The highest BCUT2D eigenvalue weighted by Gasteiger charge is 2.43. The van der Waals surface area contributed by atoms with E-state index in [1.165, 1.54) is 21.5 Å². The van der Waals surface area contributed by atoms with E-state index in [1.54, 1.807) is 0 Å². The van der Waals surface area contributed by atoms with Crippen LogP contribution in [0.1, 0.15) is 94.2 Å². The summed E-state index contributed by atoms with van der Waals surface area (Å²) >= 11 is 0. The summed E-state index contributed by atoms with van der Waals surface area (Å²) < 4.78 is 0. The van der Waals surface area contributed by atoms with Gasteiger partial charge in [0, 0.05) is 10.8 Å². The van der Waals surface area contributed by atoms with E-state index in [4.69, 9.17) is 9.97 Å². The maximum absolute atomic E-state index is 5.50. The number of hydrogen-bond acceptors (Lipinski definition) is 2. The molecule has 0 radical (unpaired) electrons. The van der Waals surface area contributed by atoms with E-state index in [9.17, 15) is 0 Å². The molecule has 50 heavy (non-hydrogen) atoms. The maximum Gasteiger partial charge on any atom is 0.146 e. The molecule has 6 aromatic rings. The van der Waals surface area contributed by atoms with Crippen LogP contribution in [0.25, 0.3) is 54.4 Å². The van der Waals surface area contributed by atoms with Gasteiger partial charge in [0.05, 0.1) is 22.2 Å². The van der Waals surface area contributed by atoms with Crippen molar-refractivity contribution >= 4 is 70.5 Å². The zero-order chi connectivity index (χ0) is 36.1. The van der Waals surface area contributed by atoms with Crippen molar-refractivity contribution in [1.82, 2.24) is 9.97 Å². The highest BCUT2D eigenvalue weighted by molar-refractivity contribution is 6.91. The molecule has 1 heterocycles. The fourth-order valence-corrected chi connectivity index (χ4v) is 19.9. The first-order chi connectivity index (χ1) is 23.7. The lowest BCUT2D eigenvalue weighted by atomic mass is 9.94. The normalized spacial score (nSPS) is 12.8. The van der Waals surface area contributed by atoms with Crippen molar-refractivity contribution in [2.75, 3.05) is 0 Å². The second kappa shape index (κ2) is 13.6.